The van der Waals surface area contributed by atoms with Crippen LogP contribution in [0.3, 0.4) is 0 Å². The van der Waals surface area contributed by atoms with Gasteiger partial charge in [-0.3, -0.25) is 14.6 Å². The molecule has 0 spiro atoms. The average Bonchev–Trinajstić information content (AvgIpc) is 2.83. The minimum atomic E-state index is 0.318. The smallest absolute Gasteiger partial charge is 0.195 e. The van der Waals surface area contributed by atoms with Gasteiger partial charge in [0.1, 0.15) is 5.69 Å². The first-order chi connectivity index (χ1) is 9.19. The van der Waals surface area contributed by atoms with Crippen molar-refractivity contribution in [1.82, 2.24) is 19.7 Å². The van der Waals surface area contributed by atoms with E-state index in [2.05, 4.69) is 40.5 Å². The fraction of sp³-hybridized carbons (Fsp3) is 0.500. The van der Waals surface area contributed by atoms with Crippen LogP contribution >= 0.6 is 12.2 Å². The molecule has 19 heavy (non-hydrogen) atoms. The summed E-state index contributed by atoms with van der Waals surface area (Å²) >= 11 is 5.38. The van der Waals surface area contributed by atoms with Crippen LogP contribution in [0, 0.1) is 10.7 Å². The van der Waals surface area contributed by atoms with Crippen LogP contribution < -0.4 is 0 Å². The molecular formula is C14H20N4S. The van der Waals surface area contributed by atoms with Crippen molar-refractivity contribution < 1.29 is 0 Å². The summed E-state index contributed by atoms with van der Waals surface area (Å²) in [6.45, 7) is 6.64. The van der Waals surface area contributed by atoms with Crippen LogP contribution in [0.5, 0.6) is 0 Å². The van der Waals surface area contributed by atoms with Crippen molar-refractivity contribution >= 4 is 12.2 Å². The van der Waals surface area contributed by atoms with E-state index in [-0.39, 0.29) is 0 Å². The summed E-state index contributed by atoms with van der Waals surface area (Å²) in [5.74, 6) is 1.41. The number of nitrogens with zero attached hydrogens (tertiary/aromatic N) is 3. The summed E-state index contributed by atoms with van der Waals surface area (Å²) < 4.78 is 2.76. The van der Waals surface area contributed by atoms with Crippen LogP contribution in [0.1, 0.15) is 39.7 Å². The normalized spacial score (nSPS) is 12.8. The zero-order valence-corrected chi connectivity index (χ0v) is 12.4. The largest absolute Gasteiger partial charge is 0.296 e. The van der Waals surface area contributed by atoms with Gasteiger partial charge in [0.15, 0.2) is 10.6 Å². The van der Waals surface area contributed by atoms with Crippen molar-refractivity contribution in [3.63, 3.8) is 0 Å². The average molecular weight is 276 g/mol. The number of aromatic nitrogens is 4. The molecule has 4 nitrogen and oxygen atoms in total. The first-order valence-electron chi connectivity index (χ1n) is 6.77. The van der Waals surface area contributed by atoms with E-state index in [0.717, 1.165) is 24.4 Å². The van der Waals surface area contributed by atoms with E-state index in [1.165, 1.54) is 0 Å². The quantitative estimate of drug-likeness (QED) is 0.840. The molecule has 0 fully saturated rings. The Hall–Kier alpha value is -1.49. The summed E-state index contributed by atoms with van der Waals surface area (Å²) in [5.41, 5.74) is 0.854. The van der Waals surface area contributed by atoms with Crippen LogP contribution in [0.15, 0.2) is 24.4 Å². The predicted octanol–water partition coefficient (Wildman–Crippen LogP) is 4.00. The molecule has 2 rings (SSSR count). The third-order valence-electron chi connectivity index (χ3n) is 3.74. The Labute approximate surface area is 118 Å². The Morgan fingerprint density at radius 1 is 1.32 bits per heavy atom. The second-order valence-electron chi connectivity index (χ2n) is 4.75. The predicted molar refractivity (Wildman–Crippen MR) is 79.4 cm³/mol. The van der Waals surface area contributed by atoms with Gasteiger partial charge in [0.2, 0.25) is 0 Å². The van der Waals surface area contributed by atoms with Gasteiger partial charge in [0, 0.05) is 12.2 Å². The second-order valence-corrected chi connectivity index (χ2v) is 5.14. The van der Waals surface area contributed by atoms with Gasteiger partial charge in [0.25, 0.3) is 0 Å². The van der Waals surface area contributed by atoms with Gasteiger partial charge in [-0.25, -0.2) is 0 Å². The highest BCUT2D eigenvalue weighted by molar-refractivity contribution is 7.71. The Morgan fingerprint density at radius 3 is 2.63 bits per heavy atom. The Balaban J connectivity index is 2.47. The molecule has 0 saturated heterocycles. The molecule has 0 aliphatic rings. The number of nitrogens with one attached hydrogen (secondary N) is 1. The van der Waals surface area contributed by atoms with Crippen LogP contribution in [-0.2, 0) is 0 Å². The molecule has 0 bridgehead atoms. The van der Waals surface area contributed by atoms with Gasteiger partial charge >= 0.3 is 0 Å². The van der Waals surface area contributed by atoms with Gasteiger partial charge in [-0.2, -0.15) is 5.10 Å². The standard InChI is InChI=1S/C14H20N4S/c1-4-11(5-2)10(3)18-13(16-17-14(18)19)12-8-6-7-9-15-12/h6-11H,4-5H2,1-3H3,(H,17,19). The molecule has 5 heteroatoms. The van der Waals surface area contributed by atoms with Crippen molar-refractivity contribution in [2.24, 2.45) is 5.92 Å². The number of hydrogen-bond donors (Lipinski definition) is 1. The molecule has 0 aliphatic heterocycles. The number of rotatable bonds is 5. The highest BCUT2D eigenvalue weighted by Gasteiger charge is 2.20. The zero-order chi connectivity index (χ0) is 13.8. The Kier molecular flexibility index (Phi) is 4.47. The topological polar surface area (TPSA) is 46.5 Å². The lowest BCUT2D eigenvalue weighted by Crippen LogP contribution is -2.17. The van der Waals surface area contributed by atoms with E-state index in [1.54, 1.807) is 6.20 Å². The molecule has 2 aromatic heterocycles. The highest BCUT2D eigenvalue weighted by Crippen LogP contribution is 2.28. The van der Waals surface area contributed by atoms with E-state index in [9.17, 15) is 0 Å². The summed E-state index contributed by atoms with van der Waals surface area (Å²) in [5, 5.41) is 7.24. The maximum atomic E-state index is 5.38. The number of H-pyrrole nitrogens is 1. The first kappa shape index (κ1) is 13.9. The minimum absolute atomic E-state index is 0.318. The molecule has 102 valence electrons. The van der Waals surface area contributed by atoms with Gasteiger partial charge in [0.05, 0.1) is 0 Å². The van der Waals surface area contributed by atoms with Crippen molar-refractivity contribution in [2.45, 2.75) is 39.7 Å². The van der Waals surface area contributed by atoms with Crippen molar-refractivity contribution in [2.75, 3.05) is 0 Å². The maximum absolute atomic E-state index is 5.38. The van der Waals surface area contributed by atoms with Gasteiger partial charge in [-0.05, 0) is 37.2 Å². The molecule has 0 amide bonds. The SMILES string of the molecule is CCC(CC)C(C)n1c(-c2ccccn2)n[nH]c1=S. The van der Waals surface area contributed by atoms with Crippen LogP contribution in [0.2, 0.25) is 0 Å². The zero-order valence-electron chi connectivity index (χ0n) is 11.6. The Morgan fingerprint density at radius 2 is 2.05 bits per heavy atom. The summed E-state index contributed by atoms with van der Waals surface area (Å²) in [7, 11) is 0. The molecule has 2 aromatic rings. The fourth-order valence-electron chi connectivity index (χ4n) is 2.54. The third-order valence-corrected chi connectivity index (χ3v) is 4.02. The molecule has 1 N–H and O–H groups in total. The van der Waals surface area contributed by atoms with E-state index in [0.29, 0.717) is 16.7 Å². The van der Waals surface area contributed by atoms with E-state index in [4.69, 9.17) is 12.2 Å². The molecular weight excluding hydrogens is 256 g/mol. The lowest BCUT2D eigenvalue weighted by molar-refractivity contribution is 0.332. The Bertz CT molecular complexity index is 569. The molecule has 0 saturated carbocycles. The molecule has 2 heterocycles. The summed E-state index contributed by atoms with van der Waals surface area (Å²) in [4.78, 5) is 4.37. The number of aromatic amines is 1. The van der Waals surface area contributed by atoms with E-state index >= 15 is 0 Å². The van der Waals surface area contributed by atoms with Crippen molar-refractivity contribution in [3.05, 3.63) is 29.2 Å². The minimum Gasteiger partial charge on any atom is -0.296 e. The maximum Gasteiger partial charge on any atom is 0.195 e. The van der Waals surface area contributed by atoms with E-state index in [1.807, 2.05) is 18.2 Å². The lowest BCUT2D eigenvalue weighted by Gasteiger charge is -2.23. The van der Waals surface area contributed by atoms with Crippen LogP contribution in [0.4, 0.5) is 0 Å². The summed E-state index contributed by atoms with van der Waals surface area (Å²) in [6.07, 6.45) is 4.04. The molecule has 1 unspecified atom stereocenters. The first-order valence-corrected chi connectivity index (χ1v) is 7.18. The molecule has 0 radical (unpaired) electrons. The lowest BCUT2D eigenvalue weighted by atomic mass is 9.95. The van der Waals surface area contributed by atoms with Crippen LogP contribution in [0.25, 0.3) is 11.5 Å². The third kappa shape index (κ3) is 2.76. The molecule has 1 atom stereocenters. The monoisotopic (exact) mass is 276 g/mol. The van der Waals surface area contributed by atoms with E-state index < -0.39 is 0 Å². The van der Waals surface area contributed by atoms with Gasteiger partial charge in [-0.15, -0.1) is 0 Å². The fourth-order valence-corrected chi connectivity index (χ4v) is 2.84. The van der Waals surface area contributed by atoms with Gasteiger partial charge < -0.3 is 0 Å². The highest BCUT2D eigenvalue weighted by atomic mass is 32.1. The number of hydrogen-bond acceptors (Lipinski definition) is 3. The summed E-state index contributed by atoms with van der Waals surface area (Å²) in [6, 6.07) is 6.14. The van der Waals surface area contributed by atoms with Gasteiger partial charge in [-0.1, -0.05) is 32.8 Å². The molecule has 0 aromatic carbocycles. The second kappa shape index (κ2) is 6.10. The van der Waals surface area contributed by atoms with Crippen LogP contribution in [-0.4, -0.2) is 19.7 Å². The van der Waals surface area contributed by atoms with Crippen molar-refractivity contribution in [1.29, 1.82) is 0 Å². The van der Waals surface area contributed by atoms with Crippen molar-refractivity contribution in [3.8, 4) is 11.5 Å². The number of pyridine rings is 1. The molecule has 0 aliphatic carbocycles.